The molecule has 0 bridgehead atoms. The second-order valence-corrected chi connectivity index (χ2v) is 9.20. The fourth-order valence-corrected chi connectivity index (χ4v) is 5.14. The summed E-state index contributed by atoms with van der Waals surface area (Å²) in [6, 6.07) is 15.2. The molecule has 2 heterocycles. The Balaban J connectivity index is 1.47. The molecule has 1 fully saturated rings. The maximum Gasteiger partial charge on any atom is 0.218 e. The van der Waals surface area contributed by atoms with Crippen molar-refractivity contribution in [1.29, 1.82) is 0 Å². The van der Waals surface area contributed by atoms with Crippen LogP contribution in [0.4, 0.5) is 10.2 Å². The molecule has 0 spiro atoms. The van der Waals surface area contributed by atoms with Gasteiger partial charge in [0, 0.05) is 37.8 Å². The molecule has 2 aromatic carbocycles. The molecule has 1 aromatic heterocycles. The normalized spacial score (nSPS) is 15.1. The van der Waals surface area contributed by atoms with Crippen LogP contribution in [-0.4, -0.2) is 56.0 Å². The van der Waals surface area contributed by atoms with E-state index in [2.05, 4.69) is 9.97 Å². The van der Waals surface area contributed by atoms with Gasteiger partial charge in [-0.1, -0.05) is 30.3 Å². The monoisotopic (exact) mass is 442 g/mol. The van der Waals surface area contributed by atoms with Crippen LogP contribution in [0, 0.1) is 5.82 Å². The van der Waals surface area contributed by atoms with Gasteiger partial charge in [0.25, 0.3) is 0 Å². The van der Waals surface area contributed by atoms with Crippen molar-refractivity contribution in [1.82, 2.24) is 14.3 Å². The lowest BCUT2D eigenvalue weighted by molar-refractivity contribution is 0.383. The van der Waals surface area contributed by atoms with Crippen LogP contribution in [0.3, 0.4) is 0 Å². The molecular formula is C22H23FN4O3S. The summed E-state index contributed by atoms with van der Waals surface area (Å²) in [7, 11) is -1.87. The highest BCUT2D eigenvalue weighted by molar-refractivity contribution is 7.88. The molecule has 0 radical (unpaired) electrons. The predicted octanol–water partition coefficient (Wildman–Crippen LogP) is 2.94. The maximum absolute atomic E-state index is 13.8. The first kappa shape index (κ1) is 21.2. The van der Waals surface area contributed by atoms with Crippen molar-refractivity contribution in [2.75, 3.05) is 38.2 Å². The molecule has 7 nitrogen and oxygen atoms in total. The number of hydrogen-bond acceptors (Lipinski definition) is 6. The van der Waals surface area contributed by atoms with E-state index in [0.717, 1.165) is 5.56 Å². The average Bonchev–Trinajstić information content (AvgIpc) is 2.79. The number of anilines is 1. The van der Waals surface area contributed by atoms with E-state index in [1.807, 2.05) is 35.2 Å². The van der Waals surface area contributed by atoms with Crippen molar-refractivity contribution < 1.29 is 17.5 Å². The molecule has 31 heavy (non-hydrogen) atoms. The first-order valence-corrected chi connectivity index (χ1v) is 11.5. The molecule has 1 saturated heterocycles. The standard InChI is InChI=1S/C22H23FN4O3S/c1-30-21-8-7-18(23)13-19(21)20-14-22(25-16-24-20)26-9-11-27(12-10-26)31(28,29)15-17-5-3-2-4-6-17/h2-8,13-14,16H,9-12,15H2,1H3. The predicted molar refractivity (Wildman–Crippen MR) is 117 cm³/mol. The zero-order valence-corrected chi connectivity index (χ0v) is 17.9. The number of sulfonamides is 1. The lowest BCUT2D eigenvalue weighted by Crippen LogP contribution is -2.49. The highest BCUT2D eigenvalue weighted by Gasteiger charge is 2.28. The maximum atomic E-state index is 13.8. The van der Waals surface area contributed by atoms with E-state index < -0.39 is 10.0 Å². The molecule has 1 aliphatic rings. The second-order valence-electron chi connectivity index (χ2n) is 7.23. The lowest BCUT2D eigenvalue weighted by Gasteiger charge is -2.34. The number of methoxy groups -OCH3 is 1. The van der Waals surface area contributed by atoms with E-state index >= 15 is 0 Å². The van der Waals surface area contributed by atoms with Gasteiger partial charge in [0.05, 0.1) is 18.6 Å². The number of hydrogen-bond donors (Lipinski definition) is 0. The molecule has 9 heteroatoms. The molecule has 0 amide bonds. The third-order valence-corrected chi connectivity index (χ3v) is 7.09. The Bertz CT molecular complexity index is 1150. The molecule has 162 valence electrons. The fraction of sp³-hybridized carbons (Fsp3) is 0.273. The van der Waals surface area contributed by atoms with E-state index in [-0.39, 0.29) is 11.6 Å². The molecule has 0 aliphatic carbocycles. The van der Waals surface area contributed by atoms with Crippen LogP contribution in [0.2, 0.25) is 0 Å². The molecular weight excluding hydrogens is 419 g/mol. The molecule has 0 atom stereocenters. The van der Waals surface area contributed by atoms with Gasteiger partial charge in [0.1, 0.15) is 23.7 Å². The van der Waals surface area contributed by atoms with Crippen LogP contribution < -0.4 is 9.64 Å². The number of nitrogens with zero attached hydrogens (tertiary/aromatic N) is 4. The minimum absolute atomic E-state index is 0.00907. The minimum atomic E-state index is -3.39. The number of rotatable bonds is 6. The van der Waals surface area contributed by atoms with Gasteiger partial charge in [0.2, 0.25) is 10.0 Å². The molecule has 0 unspecified atom stereocenters. The van der Waals surface area contributed by atoms with Gasteiger partial charge in [-0.05, 0) is 23.8 Å². The molecule has 0 N–H and O–H groups in total. The Labute approximate surface area is 181 Å². The summed E-state index contributed by atoms with van der Waals surface area (Å²) in [5, 5.41) is 0. The van der Waals surface area contributed by atoms with Crippen LogP contribution in [0.15, 0.2) is 60.9 Å². The molecule has 3 aromatic rings. The number of benzene rings is 2. The average molecular weight is 443 g/mol. The van der Waals surface area contributed by atoms with Crippen molar-refractivity contribution in [3.05, 3.63) is 72.3 Å². The Morgan fingerprint density at radius 2 is 1.74 bits per heavy atom. The van der Waals surface area contributed by atoms with E-state index in [1.165, 1.54) is 29.9 Å². The number of piperazine rings is 1. The minimum Gasteiger partial charge on any atom is -0.496 e. The summed E-state index contributed by atoms with van der Waals surface area (Å²) in [6.45, 7) is 1.76. The van der Waals surface area contributed by atoms with Gasteiger partial charge >= 0.3 is 0 Å². The smallest absolute Gasteiger partial charge is 0.218 e. The van der Waals surface area contributed by atoms with Crippen LogP contribution in [0.5, 0.6) is 5.75 Å². The largest absolute Gasteiger partial charge is 0.496 e. The Kier molecular flexibility index (Phi) is 6.15. The summed E-state index contributed by atoms with van der Waals surface area (Å²) in [5.74, 6) is 0.790. The van der Waals surface area contributed by atoms with Gasteiger partial charge < -0.3 is 9.64 Å². The van der Waals surface area contributed by atoms with Crippen LogP contribution in [-0.2, 0) is 15.8 Å². The number of ether oxygens (including phenoxy) is 1. The van der Waals surface area contributed by atoms with Crippen molar-refractivity contribution in [3.63, 3.8) is 0 Å². The topological polar surface area (TPSA) is 75.6 Å². The zero-order valence-electron chi connectivity index (χ0n) is 17.1. The summed E-state index contributed by atoms with van der Waals surface area (Å²) in [6.07, 6.45) is 1.42. The van der Waals surface area contributed by atoms with Gasteiger partial charge in [-0.25, -0.2) is 22.8 Å². The van der Waals surface area contributed by atoms with Gasteiger partial charge in [-0.15, -0.1) is 0 Å². The van der Waals surface area contributed by atoms with Gasteiger partial charge in [0.15, 0.2) is 0 Å². The summed E-state index contributed by atoms with van der Waals surface area (Å²) < 4.78 is 46.2. The SMILES string of the molecule is COc1ccc(F)cc1-c1cc(N2CCN(S(=O)(=O)Cc3ccccc3)CC2)ncn1. The van der Waals surface area contributed by atoms with Crippen molar-refractivity contribution in [3.8, 4) is 17.0 Å². The third kappa shape index (κ3) is 4.83. The highest BCUT2D eigenvalue weighted by Crippen LogP contribution is 2.30. The molecule has 0 saturated carbocycles. The third-order valence-electron chi connectivity index (χ3n) is 5.24. The highest BCUT2D eigenvalue weighted by atomic mass is 32.2. The molecule has 4 rings (SSSR count). The van der Waals surface area contributed by atoms with Crippen LogP contribution in [0.25, 0.3) is 11.3 Å². The van der Waals surface area contributed by atoms with Crippen molar-refractivity contribution in [2.45, 2.75) is 5.75 Å². The zero-order chi connectivity index (χ0) is 21.8. The quantitative estimate of drug-likeness (QED) is 0.584. The fourth-order valence-electron chi connectivity index (χ4n) is 3.62. The van der Waals surface area contributed by atoms with E-state index in [1.54, 1.807) is 12.1 Å². The second kappa shape index (κ2) is 8.99. The van der Waals surface area contributed by atoms with Crippen LogP contribution in [0.1, 0.15) is 5.56 Å². The van der Waals surface area contributed by atoms with Gasteiger partial charge in [-0.2, -0.15) is 4.31 Å². The first-order valence-electron chi connectivity index (χ1n) is 9.89. The van der Waals surface area contributed by atoms with Crippen molar-refractivity contribution >= 4 is 15.8 Å². The lowest BCUT2D eigenvalue weighted by atomic mass is 10.1. The van der Waals surface area contributed by atoms with Crippen LogP contribution >= 0.6 is 0 Å². The van der Waals surface area contributed by atoms with E-state index in [4.69, 9.17) is 4.74 Å². The number of aromatic nitrogens is 2. The molecule has 1 aliphatic heterocycles. The van der Waals surface area contributed by atoms with E-state index in [0.29, 0.717) is 49.0 Å². The Hall–Kier alpha value is -3.04. The van der Waals surface area contributed by atoms with Gasteiger partial charge in [-0.3, -0.25) is 0 Å². The summed E-state index contributed by atoms with van der Waals surface area (Å²) >= 11 is 0. The number of halogens is 1. The Morgan fingerprint density at radius 3 is 2.45 bits per heavy atom. The van der Waals surface area contributed by atoms with E-state index in [9.17, 15) is 12.8 Å². The summed E-state index contributed by atoms with van der Waals surface area (Å²) in [4.78, 5) is 10.6. The summed E-state index contributed by atoms with van der Waals surface area (Å²) in [5.41, 5.74) is 1.85. The first-order chi connectivity index (χ1) is 15.0. The van der Waals surface area contributed by atoms with Crippen molar-refractivity contribution in [2.24, 2.45) is 0 Å². The Morgan fingerprint density at radius 1 is 1.00 bits per heavy atom.